The highest BCUT2D eigenvalue weighted by Gasteiger charge is 2.20. The number of aromatic carboxylic acids is 1. The predicted octanol–water partition coefficient (Wildman–Crippen LogP) is 3.17. The molecule has 0 aliphatic rings. The maximum absolute atomic E-state index is 11.4. The van der Waals surface area contributed by atoms with Gasteiger partial charge in [-0.2, -0.15) is 0 Å². The van der Waals surface area contributed by atoms with Crippen LogP contribution < -0.4 is 9.47 Å². The molecule has 3 rings (SSSR count). The highest BCUT2D eigenvalue weighted by molar-refractivity contribution is 5.92. The largest absolute Gasteiger partial charge is 0.504 e. The van der Waals surface area contributed by atoms with Gasteiger partial charge in [-0.05, 0) is 24.3 Å². The van der Waals surface area contributed by atoms with Crippen molar-refractivity contribution < 1.29 is 24.5 Å². The molecule has 9 heteroatoms. The van der Waals surface area contributed by atoms with Gasteiger partial charge in [-0.1, -0.05) is 0 Å². The Hall–Kier alpha value is -3.62. The third kappa shape index (κ3) is 2.94. The summed E-state index contributed by atoms with van der Waals surface area (Å²) in [5.74, 6) is -0.457. The fourth-order valence-electron chi connectivity index (χ4n) is 2.25. The Labute approximate surface area is 141 Å². The van der Waals surface area contributed by atoms with Crippen LogP contribution in [0.25, 0.3) is 5.65 Å². The first-order chi connectivity index (χ1) is 12.0. The van der Waals surface area contributed by atoms with Gasteiger partial charge in [0.2, 0.25) is 0 Å². The number of benzene rings is 1. The van der Waals surface area contributed by atoms with Crippen molar-refractivity contribution in [2.45, 2.75) is 0 Å². The van der Waals surface area contributed by atoms with E-state index in [1.807, 2.05) is 0 Å². The van der Waals surface area contributed by atoms with Crippen molar-refractivity contribution in [3.05, 3.63) is 42.2 Å². The van der Waals surface area contributed by atoms with E-state index in [0.29, 0.717) is 17.2 Å². The van der Waals surface area contributed by atoms with Crippen LogP contribution in [-0.2, 0) is 0 Å². The normalized spacial score (nSPS) is 11.1. The predicted molar refractivity (Wildman–Crippen MR) is 87.5 cm³/mol. The van der Waals surface area contributed by atoms with Crippen molar-refractivity contribution >= 4 is 23.1 Å². The molecule has 0 spiro atoms. The summed E-state index contributed by atoms with van der Waals surface area (Å²) in [5.41, 5.74) is 0.142. The minimum absolute atomic E-state index is 0.0173. The summed E-state index contributed by atoms with van der Waals surface area (Å²) in [6.45, 7) is 0. The number of ether oxygens (including phenoxy) is 2. The Balaban J connectivity index is 2.11. The Morgan fingerprint density at radius 3 is 2.68 bits per heavy atom. The smallest absolute Gasteiger partial charge is 0.358 e. The number of imidazole rings is 1. The molecular weight excluding hydrogens is 328 g/mol. The third-order valence-electron chi connectivity index (χ3n) is 3.45. The number of carboxylic acids is 1. The average molecular weight is 342 g/mol. The number of rotatable bonds is 5. The van der Waals surface area contributed by atoms with Crippen LogP contribution >= 0.6 is 0 Å². The fourth-order valence-corrected chi connectivity index (χ4v) is 2.25. The van der Waals surface area contributed by atoms with E-state index >= 15 is 0 Å². The van der Waals surface area contributed by atoms with Gasteiger partial charge in [0.1, 0.15) is 17.2 Å². The number of methoxy groups -OCH3 is 2. The number of hydrogen-bond acceptors (Lipinski definition) is 7. The average Bonchev–Trinajstić information content (AvgIpc) is 3.00. The number of pyridine rings is 1. The summed E-state index contributed by atoms with van der Waals surface area (Å²) in [6, 6.07) is 7.88. The van der Waals surface area contributed by atoms with Gasteiger partial charge in [-0.15, -0.1) is 10.2 Å². The summed E-state index contributed by atoms with van der Waals surface area (Å²) in [4.78, 5) is 15.3. The van der Waals surface area contributed by atoms with Crippen molar-refractivity contribution in [3.63, 3.8) is 0 Å². The van der Waals surface area contributed by atoms with E-state index in [0.717, 1.165) is 0 Å². The molecule has 0 unspecified atom stereocenters. The molecule has 25 heavy (non-hydrogen) atoms. The standard InChI is InChI=1S/C16H14N4O5/c1-24-9-5-6-10(12(8-9)25-2)18-19-15-13(16(22)23)17-14-11(21)4-3-7-20(14)15/h3-8,21H,1-2H3,(H,22,23). The van der Waals surface area contributed by atoms with Crippen LogP contribution in [0.1, 0.15) is 10.5 Å². The SMILES string of the molecule is COc1ccc(N=Nc2c(C(=O)O)nc3c(O)cccn23)c(OC)c1. The van der Waals surface area contributed by atoms with Crippen molar-refractivity contribution in [1.82, 2.24) is 9.38 Å². The van der Waals surface area contributed by atoms with Crippen molar-refractivity contribution in [1.29, 1.82) is 0 Å². The van der Waals surface area contributed by atoms with Gasteiger partial charge in [0.25, 0.3) is 0 Å². The van der Waals surface area contributed by atoms with E-state index in [9.17, 15) is 15.0 Å². The molecule has 0 aliphatic heterocycles. The van der Waals surface area contributed by atoms with Crippen LogP contribution in [0.2, 0.25) is 0 Å². The van der Waals surface area contributed by atoms with Crippen LogP contribution in [0.15, 0.2) is 46.8 Å². The van der Waals surface area contributed by atoms with Crippen LogP contribution in [-0.4, -0.2) is 39.8 Å². The summed E-state index contributed by atoms with van der Waals surface area (Å²) >= 11 is 0. The first-order valence-electron chi connectivity index (χ1n) is 7.12. The van der Waals surface area contributed by atoms with Gasteiger partial charge < -0.3 is 19.7 Å². The number of aromatic nitrogens is 2. The van der Waals surface area contributed by atoms with Crippen LogP contribution in [0.5, 0.6) is 17.2 Å². The van der Waals surface area contributed by atoms with Gasteiger partial charge in [0.05, 0.1) is 14.2 Å². The Kier molecular flexibility index (Phi) is 4.21. The van der Waals surface area contributed by atoms with Crippen LogP contribution in [0.3, 0.4) is 0 Å². The first-order valence-corrected chi connectivity index (χ1v) is 7.12. The molecule has 0 saturated heterocycles. The summed E-state index contributed by atoms with van der Waals surface area (Å²) in [5, 5.41) is 27.2. The molecule has 3 aromatic rings. The molecule has 0 radical (unpaired) electrons. The zero-order valence-electron chi connectivity index (χ0n) is 13.4. The lowest BCUT2D eigenvalue weighted by molar-refractivity contribution is 0.0692. The molecule has 0 amide bonds. The first kappa shape index (κ1) is 16.2. The number of fused-ring (bicyclic) bond motifs is 1. The van der Waals surface area contributed by atoms with Crippen LogP contribution in [0.4, 0.5) is 11.5 Å². The number of hydrogen-bond donors (Lipinski definition) is 2. The number of azo groups is 1. The molecule has 128 valence electrons. The number of nitrogens with zero attached hydrogens (tertiary/aromatic N) is 4. The molecule has 0 aliphatic carbocycles. The molecular formula is C16H14N4O5. The molecule has 2 N–H and O–H groups in total. The number of carbonyl (C=O) groups is 1. The van der Waals surface area contributed by atoms with E-state index in [1.54, 1.807) is 24.3 Å². The molecule has 1 aromatic carbocycles. The monoisotopic (exact) mass is 342 g/mol. The van der Waals surface area contributed by atoms with Crippen molar-refractivity contribution in [2.24, 2.45) is 10.2 Å². The summed E-state index contributed by atoms with van der Waals surface area (Å²) < 4.78 is 11.7. The van der Waals surface area contributed by atoms with E-state index in [4.69, 9.17) is 9.47 Å². The van der Waals surface area contributed by atoms with Gasteiger partial charge in [0.15, 0.2) is 22.9 Å². The molecule has 2 heterocycles. The summed E-state index contributed by atoms with van der Waals surface area (Å²) in [6.07, 6.45) is 1.54. The lowest BCUT2D eigenvalue weighted by atomic mass is 10.3. The minimum Gasteiger partial charge on any atom is -0.504 e. The lowest BCUT2D eigenvalue weighted by Gasteiger charge is -2.06. The summed E-state index contributed by atoms with van der Waals surface area (Å²) in [7, 11) is 3.00. The van der Waals surface area contributed by atoms with Crippen molar-refractivity contribution in [2.75, 3.05) is 14.2 Å². The Morgan fingerprint density at radius 1 is 1.20 bits per heavy atom. The third-order valence-corrected chi connectivity index (χ3v) is 3.45. The van der Waals surface area contributed by atoms with E-state index in [-0.39, 0.29) is 22.9 Å². The Morgan fingerprint density at radius 2 is 2.00 bits per heavy atom. The second-order valence-electron chi connectivity index (χ2n) is 4.91. The fraction of sp³-hybridized carbons (Fsp3) is 0.125. The van der Waals surface area contributed by atoms with Gasteiger partial charge >= 0.3 is 5.97 Å². The molecule has 0 atom stereocenters. The number of carboxylic acid groups (broad SMARTS) is 1. The van der Waals surface area contributed by atoms with Crippen molar-refractivity contribution in [3.8, 4) is 17.2 Å². The molecule has 2 aromatic heterocycles. The molecule has 9 nitrogen and oxygen atoms in total. The minimum atomic E-state index is -1.28. The highest BCUT2D eigenvalue weighted by atomic mass is 16.5. The number of aromatic hydroxyl groups is 1. The van der Waals surface area contributed by atoms with Gasteiger partial charge in [0, 0.05) is 12.3 Å². The zero-order chi connectivity index (χ0) is 18.0. The maximum Gasteiger partial charge on any atom is 0.358 e. The Bertz CT molecular complexity index is 980. The van der Waals surface area contributed by atoms with Gasteiger partial charge in [-0.25, -0.2) is 9.78 Å². The lowest BCUT2D eigenvalue weighted by Crippen LogP contribution is -1.96. The van der Waals surface area contributed by atoms with Crippen LogP contribution in [0, 0.1) is 0 Å². The van der Waals surface area contributed by atoms with E-state index < -0.39 is 5.97 Å². The second-order valence-corrected chi connectivity index (χ2v) is 4.91. The molecule has 0 saturated carbocycles. The second kappa shape index (κ2) is 6.48. The topological polar surface area (TPSA) is 118 Å². The zero-order valence-corrected chi connectivity index (χ0v) is 13.4. The molecule has 0 bridgehead atoms. The van der Waals surface area contributed by atoms with E-state index in [1.165, 1.54) is 30.9 Å². The quantitative estimate of drug-likeness (QED) is 0.688. The maximum atomic E-state index is 11.4. The molecule has 0 fully saturated rings. The van der Waals surface area contributed by atoms with E-state index in [2.05, 4.69) is 15.2 Å². The van der Waals surface area contributed by atoms with Gasteiger partial charge in [-0.3, -0.25) is 4.40 Å². The highest BCUT2D eigenvalue weighted by Crippen LogP contribution is 2.34.